The molecule has 5 heteroatoms. The predicted octanol–water partition coefficient (Wildman–Crippen LogP) is 4.79. The molecule has 0 N–H and O–H groups in total. The molecule has 27 heavy (non-hydrogen) atoms. The summed E-state index contributed by atoms with van der Waals surface area (Å²) in [6, 6.07) is 11.6. The van der Waals surface area contributed by atoms with Crippen LogP contribution in [0.15, 0.2) is 36.4 Å². The number of hydrogen-bond donors (Lipinski definition) is 0. The van der Waals surface area contributed by atoms with Crippen LogP contribution in [0.3, 0.4) is 0 Å². The molecule has 1 saturated heterocycles. The second-order valence-corrected chi connectivity index (χ2v) is 6.30. The van der Waals surface area contributed by atoms with Crippen molar-refractivity contribution in [2.75, 3.05) is 27.9 Å². The molecular formula is C22H26O5. The Morgan fingerprint density at radius 3 is 2.19 bits per heavy atom. The van der Waals surface area contributed by atoms with Crippen molar-refractivity contribution in [2.45, 2.75) is 25.6 Å². The van der Waals surface area contributed by atoms with Gasteiger partial charge in [0.2, 0.25) is 0 Å². The number of rotatable bonds is 7. The van der Waals surface area contributed by atoms with Crippen molar-refractivity contribution >= 4 is 12.2 Å². The first kappa shape index (κ1) is 19.1. The molecule has 0 amide bonds. The van der Waals surface area contributed by atoms with Crippen molar-refractivity contribution in [1.82, 2.24) is 0 Å². The molecule has 1 unspecified atom stereocenters. The highest BCUT2D eigenvalue weighted by Gasteiger charge is 2.17. The van der Waals surface area contributed by atoms with Gasteiger partial charge in [-0.15, -0.1) is 0 Å². The van der Waals surface area contributed by atoms with E-state index in [1.54, 1.807) is 21.3 Å². The van der Waals surface area contributed by atoms with Crippen LogP contribution in [-0.4, -0.2) is 34.2 Å². The summed E-state index contributed by atoms with van der Waals surface area (Å²) in [4.78, 5) is 0. The van der Waals surface area contributed by atoms with Gasteiger partial charge in [-0.1, -0.05) is 18.2 Å². The monoisotopic (exact) mass is 370 g/mol. The maximum atomic E-state index is 5.95. The molecule has 2 aromatic carbocycles. The zero-order valence-electron chi connectivity index (χ0n) is 16.1. The molecule has 1 aliphatic heterocycles. The maximum Gasteiger partial charge on any atom is 0.200 e. The molecule has 0 spiro atoms. The second-order valence-electron chi connectivity index (χ2n) is 6.30. The first-order chi connectivity index (χ1) is 13.2. The van der Waals surface area contributed by atoms with Crippen molar-refractivity contribution in [3.63, 3.8) is 0 Å². The number of methoxy groups -OCH3 is 3. The minimum absolute atomic E-state index is 0.196. The van der Waals surface area contributed by atoms with Crippen LogP contribution in [0, 0.1) is 0 Å². The van der Waals surface area contributed by atoms with E-state index >= 15 is 0 Å². The Morgan fingerprint density at radius 2 is 1.56 bits per heavy atom. The third-order valence-corrected chi connectivity index (χ3v) is 4.43. The SMILES string of the molecule is COc1cc(C=Cc2ccc(OC3CCCCO3)c(OC)c2)cc(OC)c1. The normalized spacial score (nSPS) is 16.9. The lowest BCUT2D eigenvalue weighted by molar-refractivity contribution is -0.106. The van der Waals surface area contributed by atoms with Crippen LogP contribution >= 0.6 is 0 Å². The van der Waals surface area contributed by atoms with Gasteiger partial charge in [0.15, 0.2) is 17.8 Å². The van der Waals surface area contributed by atoms with E-state index < -0.39 is 0 Å². The molecule has 1 aliphatic rings. The van der Waals surface area contributed by atoms with Crippen LogP contribution in [-0.2, 0) is 4.74 Å². The fourth-order valence-corrected chi connectivity index (χ4v) is 2.95. The van der Waals surface area contributed by atoms with Gasteiger partial charge in [0, 0.05) is 12.5 Å². The molecule has 1 atom stereocenters. The zero-order valence-corrected chi connectivity index (χ0v) is 16.1. The van der Waals surface area contributed by atoms with Crippen molar-refractivity contribution in [2.24, 2.45) is 0 Å². The molecule has 2 aromatic rings. The molecular weight excluding hydrogens is 344 g/mol. The van der Waals surface area contributed by atoms with Gasteiger partial charge in [0.1, 0.15) is 11.5 Å². The van der Waals surface area contributed by atoms with Crippen LogP contribution in [0.4, 0.5) is 0 Å². The molecule has 1 fully saturated rings. The highest BCUT2D eigenvalue weighted by Crippen LogP contribution is 2.31. The third-order valence-electron chi connectivity index (χ3n) is 4.43. The van der Waals surface area contributed by atoms with E-state index in [1.807, 2.05) is 48.6 Å². The van der Waals surface area contributed by atoms with E-state index in [1.165, 1.54) is 0 Å². The van der Waals surface area contributed by atoms with Gasteiger partial charge in [0.25, 0.3) is 0 Å². The van der Waals surface area contributed by atoms with Gasteiger partial charge < -0.3 is 23.7 Å². The average molecular weight is 370 g/mol. The Hall–Kier alpha value is -2.66. The lowest BCUT2D eigenvalue weighted by Gasteiger charge is -2.24. The summed E-state index contributed by atoms with van der Waals surface area (Å²) in [6.45, 7) is 0.748. The fraction of sp³-hybridized carbons (Fsp3) is 0.364. The van der Waals surface area contributed by atoms with Gasteiger partial charge in [-0.25, -0.2) is 0 Å². The Balaban J connectivity index is 1.76. The summed E-state index contributed by atoms with van der Waals surface area (Å²) in [6.07, 6.45) is 6.94. The zero-order chi connectivity index (χ0) is 19.1. The van der Waals surface area contributed by atoms with Gasteiger partial charge in [-0.05, 0) is 48.2 Å². The van der Waals surface area contributed by atoms with Crippen molar-refractivity contribution in [3.8, 4) is 23.0 Å². The van der Waals surface area contributed by atoms with E-state index in [0.717, 1.165) is 48.5 Å². The van der Waals surface area contributed by atoms with Gasteiger partial charge >= 0.3 is 0 Å². The average Bonchev–Trinajstić information content (AvgIpc) is 2.73. The second kappa shape index (κ2) is 9.33. The molecule has 5 nitrogen and oxygen atoms in total. The maximum absolute atomic E-state index is 5.95. The predicted molar refractivity (Wildman–Crippen MR) is 106 cm³/mol. The molecule has 0 radical (unpaired) electrons. The molecule has 3 rings (SSSR count). The topological polar surface area (TPSA) is 46.2 Å². The molecule has 144 valence electrons. The minimum atomic E-state index is -0.196. The van der Waals surface area contributed by atoms with E-state index in [9.17, 15) is 0 Å². The highest BCUT2D eigenvalue weighted by atomic mass is 16.7. The third kappa shape index (κ3) is 5.17. The Bertz CT molecular complexity index is 756. The summed E-state index contributed by atoms with van der Waals surface area (Å²) in [7, 11) is 4.92. The largest absolute Gasteiger partial charge is 0.497 e. The molecule has 0 saturated carbocycles. The van der Waals surface area contributed by atoms with Crippen molar-refractivity contribution in [3.05, 3.63) is 47.5 Å². The van der Waals surface area contributed by atoms with Gasteiger partial charge in [-0.2, -0.15) is 0 Å². The summed E-state index contributed by atoms with van der Waals surface area (Å²) in [5, 5.41) is 0. The van der Waals surface area contributed by atoms with Crippen LogP contribution in [0.2, 0.25) is 0 Å². The lowest BCUT2D eigenvalue weighted by Crippen LogP contribution is -2.25. The van der Waals surface area contributed by atoms with Crippen LogP contribution in [0.5, 0.6) is 23.0 Å². The number of hydrogen-bond acceptors (Lipinski definition) is 5. The van der Waals surface area contributed by atoms with Gasteiger partial charge in [0.05, 0.1) is 27.9 Å². The quantitative estimate of drug-likeness (QED) is 0.656. The summed E-state index contributed by atoms with van der Waals surface area (Å²) in [5.41, 5.74) is 1.99. The molecule has 1 heterocycles. The van der Waals surface area contributed by atoms with Crippen LogP contribution < -0.4 is 18.9 Å². The number of ether oxygens (including phenoxy) is 5. The van der Waals surface area contributed by atoms with Crippen molar-refractivity contribution in [1.29, 1.82) is 0 Å². The van der Waals surface area contributed by atoms with E-state index in [2.05, 4.69) is 0 Å². The van der Waals surface area contributed by atoms with E-state index in [-0.39, 0.29) is 6.29 Å². The van der Waals surface area contributed by atoms with Crippen LogP contribution in [0.25, 0.3) is 12.2 Å². The highest BCUT2D eigenvalue weighted by molar-refractivity contribution is 5.72. The minimum Gasteiger partial charge on any atom is -0.497 e. The smallest absolute Gasteiger partial charge is 0.200 e. The fourth-order valence-electron chi connectivity index (χ4n) is 2.95. The Morgan fingerprint density at radius 1 is 0.815 bits per heavy atom. The number of benzene rings is 2. The lowest BCUT2D eigenvalue weighted by atomic mass is 10.1. The summed E-state index contributed by atoms with van der Waals surface area (Å²) < 4.78 is 27.7. The molecule has 0 bridgehead atoms. The van der Waals surface area contributed by atoms with Crippen molar-refractivity contribution < 1.29 is 23.7 Å². The first-order valence-electron chi connectivity index (χ1n) is 9.09. The standard InChI is InChI=1S/C22H26O5/c1-23-18-12-17(13-19(15-18)24-2)8-7-16-9-10-20(21(14-16)25-3)27-22-6-4-5-11-26-22/h7-10,12-15,22H,4-6,11H2,1-3H3. The Labute approximate surface area is 160 Å². The molecule has 0 aliphatic carbocycles. The van der Waals surface area contributed by atoms with Gasteiger partial charge in [-0.3, -0.25) is 0 Å². The Kier molecular flexibility index (Phi) is 6.60. The molecule has 0 aromatic heterocycles. The van der Waals surface area contributed by atoms with E-state index in [0.29, 0.717) is 11.5 Å². The summed E-state index contributed by atoms with van der Waals surface area (Å²) in [5.74, 6) is 2.89. The summed E-state index contributed by atoms with van der Waals surface area (Å²) >= 11 is 0. The van der Waals surface area contributed by atoms with Crippen LogP contribution in [0.1, 0.15) is 30.4 Å². The van der Waals surface area contributed by atoms with E-state index in [4.69, 9.17) is 23.7 Å². The first-order valence-corrected chi connectivity index (χ1v) is 9.09.